The van der Waals surface area contributed by atoms with Gasteiger partial charge in [-0.1, -0.05) is 0 Å². The van der Waals surface area contributed by atoms with Crippen molar-refractivity contribution in [2.45, 2.75) is 17.4 Å². The van der Waals surface area contributed by atoms with Crippen molar-refractivity contribution in [1.82, 2.24) is 9.62 Å². The number of carbonyl (C=O) groups excluding carboxylic acids is 1. The fourth-order valence-corrected chi connectivity index (χ4v) is 2.78. The first-order valence-electron chi connectivity index (χ1n) is 6.02. The van der Waals surface area contributed by atoms with Gasteiger partial charge >= 0.3 is 0 Å². The lowest BCUT2D eigenvalue weighted by molar-refractivity contribution is 0.0791. The maximum absolute atomic E-state index is 12.1. The van der Waals surface area contributed by atoms with E-state index in [1.165, 1.54) is 31.3 Å². The minimum Gasteiger partial charge on any atom is -0.337 e. The topological polar surface area (TPSA) is 92.5 Å². The molecule has 1 saturated heterocycles. The van der Waals surface area contributed by atoms with Crippen molar-refractivity contribution in [2.75, 3.05) is 20.1 Å². The molecule has 104 valence electrons. The monoisotopic (exact) mass is 283 g/mol. The zero-order valence-electron chi connectivity index (χ0n) is 10.7. The number of sulfonamides is 1. The summed E-state index contributed by atoms with van der Waals surface area (Å²) < 4.78 is 25.3. The Bertz CT molecular complexity index is 568. The Morgan fingerprint density at radius 2 is 2.00 bits per heavy atom. The van der Waals surface area contributed by atoms with E-state index >= 15 is 0 Å². The van der Waals surface area contributed by atoms with Gasteiger partial charge in [0.25, 0.3) is 5.91 Å². The van der Waals surface area contributed by atoms with Crippen LogP contribution in [0, 0.1) is 0 Å². The molecule has 1 aromatic carbocycles. The Labute approximate surface area is 112 Å². The molecule has 6 nitrogen and oxygen atoms in total. The van der Waals surface area contributed by atoms with E-state index in [0.717, 1.165) is 6.42 Å². The van der Waals surface area contributed by atoms with Crippen LogP contribution in [0.5, 0.6) is 0 Å². The number of rotatable bonds is 3. The molecule has 1 aliphatic rings. The number of nitrogens with one attached hydrogen (secondary N) is 1. The summed E-state index contributed by atoms with van der Waals surface area (Å²) in [7, 11) is -2.12. The maximum Gasteiger partial charge on any atom is 0.253 e. The van der Waals surface area contributed by atoms with Crippen molar-refractivity contribution in [3.05, 3.63) is 29.8 Å². The summed E-state index contributed by atoms with van der Waals surface area (Å²) in [6.07, 6.45) is 0.804. The van der Waals surface area contributed by atoms with Gasteiger partial charge in [-0.2, -0.15) is 0 Å². The minimum absolute atomic E-state index is 0.0351. The molecule has 19 heavy (non-hydrogen) atoms. The molecule has 3 N–H and O–H groups in total. The van der Waals surface area contributed by atoms with Crippen molar-refractivity contribution in [2.24, 2.45) is 5.73 Å². The Hall–Kier alpha value is -1.44. The number of nitrogens with zero attached hydrogens (tertiary/aromatic N) is 1. The lowest BCUT2D eigenvalue weighted by atomic mass is 10.2. The molecular formula is C12H17N3O3S. The largest absolute Gasteiger partial charge is 0.337 e. The summed E-state index contributed by atoms with van der Waals surface area (Å²) in [5, 5.41) is 0. The zero-order chi connectivity index (χ0) is 14.0. The van der Waals surface area contributed by atoms with Gasteiger partial charge in [0.05, 0.1) is 4.90 Å². The molecule has 0 aromatic heterocycles. The summed E-state index contributed by atoms with van der Waals surface area (Å²) in [5.41, 5.74) is 6.23. The van der Waals surface area contributed by atoms with Crippen LogP contribution in [0.25, 0.3) is 0 Å². The van der Waals surface area contributed by atoms with Crippen molar-refractivity contribution in [3.8, 4) is 0 Å². The summed E-state index contributed by atoms with van der Waals surface area (Å²) in [6.45, 7) is 1.20. The number of benzene rings is 1. The van der Waals surface area contributed by atoms with Crippen LogP contribution in [-0.2, 0) is 10.0 Å². The van der Waals surface area contributed by atoms with Gasteiger partial charge in [0, 0.05) is 24.7 Å². The molecule has 0 aliphatic carbocycles. The highest BCUT2D eigenvalue weighted by Crippen LogP contribution is 2.15. The van der Waals surface area contributed by atoms with E-state index in [9.17, 15) is 13.2 Å². The van der Waals surface area contributed by atoms with E-state index in [-0.39, 0.29) is 16.8 Å². The van der Waals surface area contributed by atoms with E-state index in [4.69, 9.17) is 5.73 Å². The Balaban J connectivity index is 2.17. The first-order chi connectivity index (χ1) is 8.94. The second-order valence-electron chi connectivity index (χ2n) is 4.53. The average molecular weight is 283 g/mol. The van der Waals surface area contributed by atoms with Crippen LogP contribution in [-0.4, -0.2) is 45.4 Å². The van der Waals surface area contributed by atoms with Gasteiger partial charge in [0.15, 0.2) is 0 Å². The third-order valence-electron chi connectivity index (χ3n) is 3.19. The summed E-state index contributed by atoms with van der Waals surface area (Å²) in [6, 6.07) is 5.93. The Morgan fingerprint density at radius 1 is 1.37 bits per heavy atom. The van der Waals surface area contributed by atoms with Gasteiger partial charge in [0.1, 0.15) is 0 Å². The van der Waals surface area contributed by atoms with Crippen LogP contribution < -0.4 is 10.5 Å². The number of hydrogen-bond donors (Lipinski definition) is 2. The molecule has 1 aliphatic heterocycles. The molecule has 0 saturated carbocycles. The standard InChI is InChI=1S/C12H17N3O3S/c1-14-19(17,18)11-4-2-9(3-5-11)12(16)15-7-6-10(13)8-15/h2-5,10,14H,6-8,13H2,1H3/t10-/m0/s1. The predicted molar refractivity (Wildman–Crippen MR) is 71.2 cm³/mol. The number of amides is 1. The normalized spacial score (nSPS) is 19.7. The van der Waals surface area contributed by atoms with E-state index in [2.05, 4.69) is 4.72 Å². The lowest BCUT2D eigenvalue weighted by Gasteiger charge is -2.15. The first-order valence-corrected chi connectivity index (χ1v) is 7.51. The van der Waals surface area contributed by atoms with Gasteiger partial charge in [0.2, 0.25) is 10.0 Å². The van der Waals surface area contributed by atoms with Crippen LogP contribution in [0.3, 0.4) is 0 Å². The third kappa shape index (κ3) is 2.94. The van der Waals surface area contributed by atoms with Crippen molar-refractivity contribution >= 4 is 15.9 Å². The molecule has 1 fully saturated rings. The van der Waals surface area contributed by atoms with Crippen molar-refractivity contribution < 1.29 is 13.2 Å². The summed E-state index contributed by atoms with van der Waals surface area (Å²) in [5.74, 6) is -0.110. The molecule has 7 heteroatoms. The van der Waals surface area contributed by atoms with Gasteiger partial charge in [-0.25, -0.2) is 13.1 Å². The molecule has 1 amide bonds. The first kappa shape index (κ1) is 14.0. The average Bonchev–Trinajstić information content (AvgIpc) is 2.85. The summed E-state index contributed by atoms with van der Waals surface area (Å²) in [4.78, 5) is 14.0. The molecule has 0 bridgehead atoms. The highest BCUT2D eigenvalue weighted by Gasteiger charge is 2.24. The Kier molecular flexibility index (Phi) is 3.88. The molecular weight excluding hydrogens is 266 g/mol. The van der Waals surface area contributed by atoms with Crippen LogP contribution in [0.2, 0.25) is 0 Å². The highest BCUT2D eigenvalue weighted by molar-refractivity contribution is 7.89. The van der Waals surface area contributed by atoms with Gasteiger partial charge in [-0.3, -0.25) is 4.79 Å². The van der Waals surface area contributed by atoms with Crippen LogP contribution in [0.1, 0.15) is 16.8 Å². The molecule has 0 spiro atoms. The van der Waals surface area contributed by atoms with Crippen molar-refractivity contribution in [1.29, 1.82) is 0 Å². The number of nitrogens with two attached hydrogens (primary N) is 1. The maximum atomic E-state index is 12.1. The predicted octanol–water partition coefficient (Wildman–Crippen LogP) is -0.232. The second kappa shape index (κ2) is 5.28. The fourth-order valence-electron chi connectivity index (χ4n) is 2.05. The van der Waals surface area contributed by atoms with E-state index in [0.29, 0.717) is 18.7 Å². The summed E-state index contributed by atoms with van der Waals surface area (Å²) >= 11 is 0. The van der Waals surface area contributed by atoms with Crippen LogP contribution in [0.15, 0.2) is 29.2 Å². The molecule has 1 atom stereocenters. The van der Waals surface area contributed by atoms with Gasteiger partial charge in [-0.15, -0.1) is 0 Å². The molecule has 1 aromatic rings. The Morgan fingerprint density at radius 3 is 2.47 bits per heavy atom. The molecule has 2 rings (SSSR count). The highest BCUT2D eigenvalue weighted by atomic mass is 32.2. The fraction of sp³-hybridized carbons (Fsp3) is 0.417. The van der Waals surface area contributed by atoms with Crippen LogP contribution >= 0.6 is 0 Å². The number of carbonyl (C=O) groups is 1. The lowest BCUT2D eigenvalue weighted by Crippen LogP contribution is -2.31. The number of hydrogen-bond acceptors (Lipinski definition) is 4. The van der Waals surface area contributed by atoms with Gasteiger partial charge in [-0.05, 0) is 37.7 Å². The van der Waals surface area contributed by atoms with E-state index in [1.807, 2.05) is 0 Å². The second-order valence-corrected chi connectivity index (χ2v) is 6.42. The van der Waals surface area contributed by atoms with E-state index < -0.39 is 10.0 Å². The third-order valence-corrected chi connectivity index (χ3v) is 4.62. The zero-order valence-corrected chi connectivity index (χ0v) is 11.5. The molecule has 0 radical (unpaired) electrons. The smallest absolute Gasteiger partial charge is 0.253 e. The molecule has 1 heterocycles. The van der Waals surface area contributed by atoms with Crippen molar-refractivity contribution in [3.63, 3.8) is 0 Å². The van der Waals surface area contributed by atoms with Crippen LogP contribution in [0.4, 0.5) is 0 Å². The number of likely N-dealkylation sites (tertiary alicyclic amines) is 1. The van der Waals surface area contributed by atoms with E-state index in [1.54, 1.807) is 4.90 Å². The molecule has 0 unspecified atom stereocenters. The minimum atomic E-state index is -3.46. The quantitative estimate of drug-likeness (QED) is 0.801. The SMILES string of the molecule is CNS(=O)(=O)c1ccc(C(=O)N2CC[C@H](N)C2)cc1. The van der Waals surface area contributed by atoms with Gasteiger partial charge < -0.3 is 10.6 Å².